The van der Waals surface area contributed by atoms with Crippen LogP contribution in [-0.4, -0.2) is 42.3 Å². The molecule has 168 valence electrons. The van der Waals surface area contributed by atoms with Crippen molar-refractivity contribution in [2.75, 3.05) is 6.61 Å². The number of rotatable bonds is 14. The zero-order valence-corrected chi connectivity index (χ0v) is 17.4. The van der Waals surface area contributed by atoms with Crippen molar-refractivity contribution in [3.05, 3.63) is 46.0 Å². The van der Waals surface area contributed by atoms with E-state index < -0.39 is 35.6 Å². The van der Waals surface area contributed by atoms with Gasteiger partial charge in [0.25, 0.3) is 5.09 Å². The van der Waals surface area contributed by atoms with Crippen LogP contribution in [-0.2, 0) is 30.3 Å². The van der Waals surface area contributed by atoms with Gasteiger partial charge in [-0.1, -0.05) is 37.3 Å². The number of carbonyl (C=O) groups is 2. The fourth-order valence-electron chi connectivity index (χ4n) is 2.61. The van der Waals surface area contributed by atoms with Crippen LogP contribution in [0, 0.1) is 10.1 Å². The molecule has 2 N–H and O–H groups in total. The van der Waals surface area contributed by atoms with Gasteiger partial charge in [0.2, 0.25) is 6.29 Å². The molecule has 0 aliphatic carbocycles. The summed E-state index contributed by atoms with van der Waals surface area (Å²) >= 11 is 0. The molecule has 0 fully saturated rings. The van der Waals surface area contributed by atoms with E-state index in [1.165, 1.54) is 6.92 Å². The summed E-state index contributed by atoms with van der Waals surface area (Å²) in [7, 11) is 0. The minimum atomic E-state index is -1.13. The van der Waals surface area contributed by atoms with Gasteiger partial charge in [0.1, 0.15) is 12.1 Å². The van der Waals surface area contributed by atoms with Crippen LogP contribution in [0.5, 0.6) is 0 Å². The highest BCUT2D eigenvalue weighted by Gasteiger charge is 2.20. The second kappa shape index (κ2) is 14.2. The first-order chi connectivity index (χ1) is 14.3. The Hall–Kier alpha value is -2.88. The third-order valence-electron chi connectivity index (χ3n) is 4.26. The van der Waals surface area contributed by atoms with Crippen molar-refractivity contribution >= 4 is 12.1 Å². The second-order valence-corrected chi connectivity index (χ2v) is 6.71. The van der Waals surface area contributed by atoms with E-state index in [9.17, 15) is 19.7 Å². The largest absolute Gasteiger partial charge is 0.511 e. The average molecular weight is 426 g/mol. The van der Waals surface area contributed by atoms with Crippen molar-refractivity contribution in [2.24, 2.45) is 5.73 Å². The fourth-order valence-corrected chi connectivity index (χ4v) is 2.61. The van der Waals surface area contributed by atoms with Crippen molar-refractivity contribution in [3.63, 3.8) is 0 Å². The number of ether oxygens (including phenoxy) is 3. The Morgan fingerprint density at radius 1 is 1.13 bits per heavy atom. The zero-order chi connectivity index (χ0) is 22.4. The van der Waals surface area contributed by atoms with E-state index in [1.54, 1.807) is 6.92 Å². The van der Waals surface area contributed by atoms with E-state index in [0.717, 1.165) is 5.56 Å². The quantitative estimate of drug-likeness (QED) is 0.156. The summed E-state index contributed by atoms with van der Waals surface area (Å²) in [5, 5.41) is 9.52. The first-order valence-corrected chi connectivity index (χ1v) is 9.96. The molecule has 0 saturated heterocycles. The lowest BCUT2D eigenvalue weighted by Crippen LogP contribution is -2.36. The molecule has 0 bridgehead atoms. The van der Waals surface area contributed by atoms with E-state index in [0.29, 0.717) is 38.5 Å². The minimum Gasteiger partial charge on any atom is -0.434 e. The van der Waals surface area contributed by atoms with Crippen molar-refractivity contribution in [2.45, 2.75) is 70.8 Å². The topological polar surface area (TPSA) is 140 Å². The van der Waals surface area contributed by atoms with Crippen LogP contribution in [0.25, 0.3) is 0 Å². The fraction of sp³-hybridized carbons (Fsp3) is 0.600. The SMILES string of the molecule is CCC(CCCCOC(=O)OC(C)OC(=O)C(N)CCc1ccccc1)O[N+](=O)[O-]. The molecule has 1 aromatic rings. The summed E-state index contributed by atoms with van der Waals surface area (Å²) in [6, 6.07) is 8.77. The summed E-state index contributed by atoms with van der Waals surface area (Å²) in [5.41, 5.74) is 6.88. The summed E-state index contributed by atoms with van der Waals surface area (Å²) in [6.45, 7) is 3.26. The molecule has 0 saturated carbocycles. The second-order valence-electron chi connectivity index (χ2n) is 6.71. The van der Waals surface area contributed by atoms with Gasteiger partial charge in [-0.05, 0) is 44.1 Å². The molecular weight excluding hydrogens is 396 g/mol. The molecule has 3 unspecified atom stereocenters. The Balaban J connectivity index is 2.17. The van der Waals surface area contributed by atoms with Gasteiger partial charge >= 0.3 is 12.1 Å². The zero-order valence-electron chi connectivity index (χ0n) is 17.4. The Morgan fingerprint density at radius 3 is 2.47 bits per heavy atom. The third kappa shape index (κ3) is 11.2. The molecule has 1 rings (SSSR count). The Kier molecular flexibility index (Phi) is 11.9. The summed E-state index contributed by atoms with van der Waals surface area (Å²) in [5.74, 6) is -0.664. The van der Waals surface area contributed by atoms with Crippen LogP contribution < -0.4 is 5.73 Å². The van der Waals surface area contributed by atoms with E-state index >= 15 is 0 Å². The van der Waals surface area contributed by atoms with Crippen LogP contribution in [0.2, 0.25) is 0 Å². The normalized spacial score (nSPS) is 13.6. The lowest BCUT2D eigenvalue weighted by Gasteiger charge is -2.17. The molecular formula is C20H30N2O8. The number of nitrogens with zero attached hydrogens (tertiary/aromatic N) is 1. The molecule has 0 aromatic heterocycles. The third-order valence-corrected chi connectivity index (χ3v) is 4.26. The van der Waals surface area contributed by atoms with Gasteiger partial charge in [-0.15, -0.1) is 10.1 Å². The lowest BCUT2D eigenvalue weighted by atomic mass is 10.1. The van der Waals surface area contributed by atoms with E-state index in [-0.39, 0.29) is 6.61 Å². The maximum absolute atomic E-state index is 12.0. The van der Waals surface area contributed by atoms with Gasteiger partial charge < -0.3 is 24.8 Å². The number of hydrogen-bond acceptors (Lipinski definition) is 9. The first-order valence-electron chi connectivity index (χ1n) is 9.96. The summed E-state index contributed by atoms with van der Waals surface area (Å²) in [4.78, 5) is 38.5. The molecule has 0 radical (unpaired) electrons. The standard InChI is InChI=1S/C20H30N2O8/c1-3-17(30-22(25)26)11-7-8-14-27-20(24)29-15(2)28-19(23)18(21)13-12-16-9-5-4-6-10-16/h4-6,9-10,15,17-18H,3,7-8,11-14,21H2,1-2H3. The Labute approximate surface area is 175 Å². The molecule has 0 aliphatic rings. The molecule has 30 heavy (non-hydrogen) atoms. The Bertz CT molecular complexity index is 655. The van der Waals surface area contributed by atoms with Gasteiger partial charge in [0, 0.05) is 6.92 Å². The number of esters is 1. The summed E-state index contributed by atoms with van der Waals surface area (Å²) < 4.78 is 14.8. The highest BCUT2D eigenvalue weighted by atomic mass is 17.0. The van der Waals surface area contributed by atoms with Crippen LogP contribution in [0.4, 0.5) is 4.79 Å². The predicted molar refractivity (Wildman–Crippen MR) is 107 cm³/mol. The number of carbonyl (C=O) groups excluding carboxylic acids is 2. The van der Waals surface area contributed by atoms with E-state index in [4.69, 9.17) is 19.9 Å². The number of nitrogens with two attached hydrogens (primary N) is 1. The maximum Gasteiger partial charge on any atom is 0.511 e. The molecule has 3 atom stereocenters. The maximum atomic E-state index is 12.0. The molecule has 0 amide bonds. The number of unbranched alkanes of at least 4 members (excludes halogenated alkanes) is 1. The molecule has 10 nitrogen and oxygen atoms in total. The van der Waals surface area contributed by atoms with Gasteiger partial charge in [-0.2, -0.15) is 0 Å². The molecule has 0 spiro atoms. The van der Waals surface area contributed by atoms with Crippen LogP contribution in [0.3, 0.4) is 0 Å². The Morgan fingerprint density at radius 2 is 1.83 bits per heavy atom. The number of hydrogen-bond donors (Lipinski definition) is 1. The smallest absolute Gasteiger partial charge is 0.434 e. The minimum absolute atomic E-state index is 0.0744. The van der Waals surface area contributed by atoms with Crippen molar-refractivity contribution in [1.29, 1.82) is 0 Å². The van der Waals surface area contributed by atoms with Crippen molar-refractivity contribution in [1.82, 2.24) is 0 Å². The number of aryl methyl sites for hydroxylation is 1. The van der Waals surface area contributed by atoms with Gasteiger partial charge in [0.05, 0.1) is 6.61 Å². The predicted octanol–water partition coefficient (Wildman–Crippen LogP) is 3.15. The summed E-state index contributed by atoms with van der Waals surface area (Å²) in [6.07, 6.45) is 0.514. The van der Waals surface area contributed by atoms with Crippen LogP contribution in [0.1, 0.15) is 51.5 Å². The average Bonchev–Trinajstić information content (AvgIpc) is 2.71. The molecule has 0 aliphatic heterocycles. The monoisotopic (exact) mass is 426 g/mol. The van der Waals surface area contributed by atoms with Crippen LogP contribution in [0.15, 0.2) is 30.3 Å². The van der Waals surface area contributed by atoms with E-state index in [1.807, 2.05) is 30.3 Å². The molecule has 10 heteroatoms. The lowest BCUT2D eigenvalue weighted by molar-refractivity contribution is -0.768. The van der Waals surface area contributed by atoms with Gasteiger partial charge in [-0.3, -0.25) is 4.79 Å². The highest BCUT2D eigenvalue weighted by Crippen LogP contribution is 2.10. The molecule has 0 heterocycles. The first kappa shape index (κ1) is 25.2. The number of benzene rings is 1. The van der Waals surface area contributed by atoms with Gasteiger partial charge in [0.15, 0.2) is 0 Å². The van der Waals surface area contributed by atoms with E-state index in [2.05, 4.69) is 4.84 Å². The van der Waals surface area contributed by atoms with Crippen molar-refractivity contribution < 1.29 is 33.7 Å². The molecule has 1 aromatic carbocycles. The van der Waals surface area contributed by atoms with Gasteiger partial charge in [-0.25, -0.2) is 4.79 Å². The highest BCUT2D eigenvalue weighted by molar-refractivity contribution is 5.75. The van der Waals surface area contributed by atoms with Crippen molar-refractivity contribution in [3.8, 4) is 0 Å². The van der Waals surface area contributed by atoms with Crippen LogP contribution >= 0.6 is 0 Å².